The van der Waals surface area contributed by atoms with Gasteiger partial charge in [0.1, 0.15) is 0 Å². The Morgan fingerprint density at radius 2 is 1.40 bits per heavy atom. The number of halogens is 1. The fraction of sp³-hybridized carbons (Fsp3) is 0.500. The maximum absolute atomic E-state index is 7.27. The van der Waals surface area contributed by atoms with Crippen LogP contribution in [0.5, 0.6) is 0 Å². The minimum absolute atomic E-state index is 0.0626. The lowest BCUT2D eigenvalue weighted by atomic mass is 9.81. The first kappa shape index (κ1) is 35.4. The van der Waals surface area contributed by atoms with Gasteiger partial charge in [0.25, 0.3) is 0 Å². The van der Waals surface area contributed by atoms with Gasteiger partial charge in [-0.2, -0.15) is 4.58 Å². The lowest BCUT2D eigenvalue weighted by Crippen LogP contribution is -2.37. The zero-order chi connectivity index (χ0) is 34.2. The molecule has 2 heterocycles. The monoisotopic (exact) mass is 655 g/mol. The molecule has 0 unspecified atom stereocenters. The summed E-state index contributed by atoms with van der Waals surface area (Å²) in [4.78, 5) is 2.56. The lowest BCUT2D eigenvalue weighted by Gasteiger charge is -2.29. The molecule has 5 rings (SSSR count). The second-order valence-electron chi connectivity index (χ2n) is 17.0. The van der Waals surface area contributed by atoms with E-state index < -0.39 is 0 Å². The normalized spacial score (nSPS) is 21.0. The van der Waals surface area contributed by atoms with Crippen LogP contribution in [-0.2, 0) is 10.8 Å². The summed E-state index contributed by atoms with van der Waals surface area (Å²) in [7, 11) is 13.7. The van der Waals surface area contributed by atoms with Crippen LogP contribution in [-0.4, -0.2) is 87.7 Å². The third kappa shape index (κ3) is 7.71. The number of rotatable bonds is 11. The molecule has 2 aromatic rings. The van der Waals surface area contributed by atoms with Crippen LogP contribution < -0.4 is 4.90 Å². The molecule has 0 saturated heterocycles. The highest BCUT2D eigenvalue weighted by Gasteiger charge is 2.44. The Balaban J connectivity index is 1.46. The Kier molecular flexibility index (Phi) is 10.2. The van der Waals surface area contributed by atoms with Crippen molar-refractivity contribution in [3.63, 3.8) is 0 Å². The molecule has 252 valence electrons. The minimum Gasteiger partial charge on any atom is -0.344 e. The molecule has 5 heteroatoms. The first-order valence-electron chi connectivity index (χ1n) is 17.7. The summed E-state index contributed by atoms with van der Waals surface area (Å²) in [5, 5.41) is 0.930. The topological polar surface area (TPSA) is 6.25 Å². The van der Waals surface area contributed by atoms with E-state index in [1.165, 1.54) is 45.1 Å². The molecule has 0 saturated carbocycles. The molecule has 2 aromatic carbocycles. The number of quaternary nitrogens is 2. The van der Waals surface area contributed by atoms with Crippen molar-refractivity contribution < 1.29 is 13.5 Å². The first-order valence-corrected chi connectivity index (χ1v) is 18.1. The number of nitrogens with zero attached hydrogens (tertiary/aromatic N) is 4. The van der Waals surface area contributed by atoms with E-state index >= 15 is 0 Å². The predicted molar refractivity (Wildman–Crippen MR) is 203 cm³/mol. The number of fused-ring (bicyclic) bond motifs is 2. The van der Waals surface area contributed by atoms with Crippen molar-refractivity contribution in [2.24, 2.45) is 0 Å². The number of hydrogen-bond donors (Lipinski definition) is 0. The van der Waals surface area contributed by atoms with Crippen LogP contribution in [0, 0.1) is 0 Å². The van der Waals surface area contributed by atoms with E-state index in [9.17, 15) is 0 Å². The molecular formula is C42H60ClN4+3. The number of allylic oxidation sites excluding steroid dienone is 8. The molecule has 0 spiro atoms. The van der Waals surface area contributed by atoms with Crippen LogP contribution in [0.15, 0.2) is 94.7 Å². The van der Waals surface area contributed by atoms with Crippen LogP contribution in [0.2, 0.25) is 0 Å². The largest absolute Gasteiger partial charge is 0.344 e. The summed E-state index contributed by atoms with van der Waals surface area (Å²) in [6, 6.07) is 17.9. The van der Waals surface area contributed by atoms with Gasteiger partial charge >= 0.3 is 0 Å². The molecule has 0 atom stereocenters. The van der Waals surface area contributed by atoms with Crippen LogP contribution >= 0.6 is 11.6 Å². The molecule has 0 N–H and O–H groups in total. The van der Waals surface area contributed by atoms with Gasteiger partial charge in [0.05, 0.1) is 67.2 Å². The molecule has 3 aliphatic rings. The van der Waals surface area contributed by atoms with Crippen LogP contribution in [0.1, 0.15) is 70.9 Å². The summed E-state index contributed by atoms with van der Waals surface area (Å²) in [6.45, 7) is 13.8. The number of anilines is 1. The Morgan fingerprint density at radius 1 is 0.766 bits per heavy atom. The summed E-state index contributed by atoms with van der Waals surface area (Å²) in [6.07, 6.45) is 14.8. The molecule has 0 bridgehead atoms. The number of benzene rings is 2. The smallest absolute Gasteiger partial charge is 0.209 e. The van der Waals surface area contributed by atoms with Crippen molar-refractivity contribution in [1.29, 1.82) is 0 Å². The van der Waals surface area contributed by atoms with Gasteiger partial charge in [-0.15, -0.1) is 0 Å². The van der Waals surface area contributed by atoms with E-state index in [0.29, 0.717) is 0 Å². The summed E-state index contributed by atoms with van der Waals surface area (Å²) < 4.78 is 4.52. The van der Waals surface area contributed by atoms with E-state index in [1.807, 2.05) is 0 Å². The van der Waals surface area contributed by atoms with Gasteiger partial charge in [-0.1, -0.05) is 74.0 Å². The van der Waals surface area contributed by atoms with Crippen LogP contribution in [0.3, 0.4) is 0 Å². The van der Waals surface area contributed by atoms with Gasteiger partial charge in [0.2, 0.25) is 5.69 Å². The van der Waals surface area contributed by atoms with Gasteiger partial charge in [0, 0.05) is 52.5 Å². The predicted octanol–water partition coefficient (Wildman–Crippen LogP) is 9.10. The summed E-state index contributed by atoms with van der Waals surface area (Å²) in [5.74, 6) is 0. The summed E-state index contributed by atoms with van der Waals surface area (Å²) in [5.41, 5.74) is 10.6. The van der Waals surface area contributed by atoms with Crippen molar-refractivity contribution in [2.75, 3.05) is 73.4 Å². The molecule has 2 aliphatic heterocycles. The van der Waals surface area contributed by atoms with Gasteiger partial charge in [-0.25, -0.2) is 0 Å². The zero-order valence-corrected chi connectivity index (χ0v) is 31.7. The second-order valence-corrected chi connectivity index (χ2v) is 17.4. The molecule has 0 aromatic heterocycles. The fourth-order valence-electron chi connectivity index (χ4n) is 7.74. The molecular weight excluding hydrogens is 596 g/mol. The molecule has 0 amide bonds. The fourth-order valence-corrected chi connectivity index (χ4v) is 8.05. The highest BCUT2D eigenvalue weighted by molar-refractivity contribution is 6.32. The molecule has 4 nitrogen and oxygen atoms in total. The third-order valence-electron chi connectivity index (χ3n) is 10.4. The second kappa shape index (κ2) is 13.5. The third-order valence-corrected chi connectivity index (χ3v) is 10.8. The maximum Gasteiger partial charge on any atom is 0.209 e. The SMILES string of the molecule is CC1(C)C(=CC=C2CCCC(C=CC3=[N+](CCC[N+](C)(C)C)c4ccccc4C3(C)C)=C2Cl)N(CCC[N+](C)(C)C)c2ccccc21. The molecule has 1 aliphatic carbocycles. The average Bonchev–Trinajstić information content (AvgIpc) is 3.33. The van der Waals surface area contributed by atoms with Crippen molar-refractivity contribution in [3.05, 3.63) is 106 Å². The molecule has 0 radical (unpaired) electrons. The maximum atomic E-state index is 7.27. The van der Waals surface area contributed by atoms with E-state index in [0.717, 1.165) is 72.3 Å². The Morgan fingerprint density at radius 3 is 2.11 bits per heavy atom. The molecule has 0 fully saturated rings. The lowest BCUT2D eigenvalue weighted by molar-refractivity contribution is -0.871. The highest BCUT2D eigenvalue weighted by atomic mass is 35.5. The van der Waals surface area contributed by atoms with E-state index in [-0.39, 0.29) is 10.8 Å². The van der Waals surface area contributed by atoms with Crippen LogP contribution in [0.25, 0.3) is 0 Å². The Bertz CT molecular complexity index is 1630. The number of hydrogen-bond acceptors (Lipinski definition) is 1. The average molecular weight is 656 g/mol. The van der Waals surface area contributed by atoms with E-state index in [1.54, 1.807) is 0 Å². The zero-order valence-electron chi connectivity index (χ0n) is 31.0. The van der Waals surface area contributed by atoms with Crippen molar-refractivity contribution in [2.45, 2.75) is 70.6 Å². The Labute approximate surface area is 291 Å². The first-order chi connectivity index (χ1) is 22.0. The van der Waals surface area contributed by atoms with Gasteiger partial charge in [0.15, 0.2) is 12.3 Å². The van der Waals surface area contributed by atoms with Gasteiger partial charge in [-0.05, 0) is 62.0 Å². The quantitative estimate of drug-likeness (QED) is 0.173. The van der Waals surface area contributed by atoms with Gasteiger partial charge in [-0.3, -0.25) is 0 Å². The highest BCUT2D eigenvalue weighted by Crippen LogP contribution is 2.48. The standard InChI is InChI=1S/C42H60ClN4/c1-41(2)34-20-11-13-22-36(34)44(28-16-30-46(5,6)7)38(41)26-24-32-18-15-19-33(40(32)43)25-27-39-42(3,4)35-21-12-14-23-37(35)45(39)29-17-31-47(8,9)10/h11-14,20-27H,15-19,28-31H2,1-10H3/q+3. The van der Waals surface area contributed by atoms with Gasteiger partial charge < -0.3 is 13.9 Å². The van der Waals surface area contributed by atoms with Crippen molar-refractivity contribution in [3.8, 4) is 0 Å². The van der Waals surface area contributed by atoms with Crippen molar-refractivity contribution >= 4 is 28.7 Å². The van der Waals surface area contributed by atoms with E-state index in [2.05, 4.69) is 152 Å². The minimum atomic E-state index is -0.0626. The Hall–Kier alpha value is -2.92. The number of para-hydroxylation sites is 2. The van der Waals surface area contributed by atoms with Crippen molar-refractivity contribution in [1.82, 2.24) is 0 Å². The van der Waals surface area contributed by atoms with Crippen LogP contribution in [0.4, 0.5) is 11.4 Å². The summed E-state index contributed by atoms with van der Waals surface area (Å²) >= 11 is 7.27. The molecule has 47 heavy (non-hydrogen) atoms. The van der Waals surface area contributed by atoms with E-state index in [4.69, 9.17) is 11.6 Å².